The van der Waals surface area contributed by atoms with Gasteiger partial charge in [-0.3, -0.25) is 19.3 Å². The number of carbonyl (C=O) groups is 1. The van der Waals surface area contributed by atoms with Gasteiger partial charge < -0.3 is 14.2 Å². The Bertz CT molecular complexity index is 1050. The van der Waals surface area contributed by atoms with E-state index in [1.807, 2.05) is 32.0 Å². The zero-order valence-corrected chi connectivity index (χ0v) is 19.8. The van der Waals surface area contributed by atoms with E-state index in [0.717, 1.165) is 48.9 Å². The zero-order chi connectivity index (χ0) is 22.7. The maximum absolute atomic E-state index is 13.5. The summed E-state index contributed by atoms with van der Waals surface area (Å²) in [6, 6.07) is 5.66. The van der Waals surface area contributed by atoms with Crippen LogP contribution in [0.5, 0.6) is 11.5 Å². The number of amides is 1. The molecule has 1 fully saturated rings. The van der Waals surface area contributed by atoms with Gasteiger partial charge in [0.2, 0.25) is 0 Å². The van der Waals surface area contributed by atoms with Gasteiger partial charge in [0.25, 0.3) is 5.91 Å². The largest absolute Gasteiger partial charge is 0.495 e. The van der Waals surface area contributed by atoms with Crippen molar-refractivity contribution in [1.82, 2.24) is 19.7 Å². The highest BCUT2D eigenvalue weighted by Gasteiger charge is 2.24. The molecule has 4 rings (SSSR count). The van der Waals surface area contributed by atoms with E-state index in [2.05, 4.69) is 10.00 Å². The van der Waals surface area contributed by atoms with Crippen molar-refractivity contribution in [3.05, 3.63) is 29.6 Å². The van der Waals surface area contributed by atoms with Crippen molar-refractivity contribution in [2.24, 2.45) is 0 Å². The number of benzene rings is 1. The molecule has 1 aliphatic rings. The number of thiazole rings is 1. The molecule has 0 radical (unpaired) electrons. The molecule has 3 aromatic rings. The summed E-state index contributed by atoms with van der Waals surface area (Å²) in [5, 5.41) is 5.09. The van der Waals surface area contributed by atoms with Gasteiger partial charge in [0.15, 0.2) is 5.13 Å². The maximum Gasteiger partial charge on any atom is 0.250 e. The number of morpholine rings is 1. The molecule has 1 saturated heterocycles. The molecule has 10 heteroatoms. The lowest BCUT2D eigenvalue weighted by Crippen LogP contribution is -2.44. The Labute approximate surface area is 191 Å². The quantitative estimate of drug-likeness (QED) is 0.512. The molecular formula is C22H29N5O4S. The van der Waals surface area contributed by atoms with E-state index in [-0.39, 0.29) is 12.5 Å². The Balaban J connectivity index is 1.66. The van der Waals surface area contributed by atoms with Crippen LogP contribution in [0.1, 0.15) is 11.4 Å². The van der Waals surface area contributed by atoms with Gasteiger partial charge >= 0.3 is 0 Å². The van der Waals surface area contributed by atoms with Crippen molar-refractivity contribution in [2.75, 3.05) is 58.5 Å². The molecule has 1 aliphatic heterocycles. The van der Waals surface area contributed by atoms with Crippen molar-refractivity contribution in [2.45, 2.75) is 20.4 Å². The molecule has 0 spiro atoms. The third-order valence-corrected chi connectivity index (χ3v) is 6.66. The first kappa shape index (κ1) is 22.5. The Hall–Kier alpha value is -2.69. The van der Waals surface area contributed by atoms with Gasteiger partial charge in [-0.05, 0) is 32.0 Å². The van der Waals surface area contributed by atoms with Gasteiger partial charge in [0.1, 0.15) is 28.3 Å². The lowest BCUT2D eigenvalue weighted by molar-refractivity contribution is -0.119. The summed E-state index contributed by atoms with van der Waals surface area (Å²) >= 11 is 1.44. The Morgan fingerprint density at radius 3 is 2.56 bits per heavy atom. The number of aromatic nitrogens is 3. The maximum atomic E-state index is 13.5. The molecule has 0 atom stereocenters. The number of carbonyl (C=O) groups excluding carboxylic acids is 1. The summed E-state index contributed by atoms with van der Waals surface area (Å²) in [4.78, 5) is 22.3. The summed E-state index contributed by atoms with van der Waals surface area (Å²) in [5.41, 5.74) is 2.54. The van der Waals surface area contributed by atoms with E-state index >= 15 is 0 Å². The molecule has 1 amide bonds. The second-order valence-electron chi connectivity index (χ2n) is 7.73. The molecule has 0 unspecified atom stereocenters. The van der Waals surface area contributed by atoms with Crippen molar-refractivity contribution in [1.29, 1.82) is 0 Å². The SMILES string of the molecule is COc1ccc(OC)c2sc(N(CCN3CCOCC3)C(=O)Cn3nc(C)cc3C)nc12. The zero-order valence-electron chi connectivity index (χ0n) is 19.0. The Kier molecular flexibility index (Phi) is 6.92. The molecule has 2 aromatic heterocycles. The average Bonchev–Trinajstić information content (AvgIpc) is 3.36. The van der Waals surface area contributed by atoms with E-state index in [9.17, 15) is 4.79 Å². The molecule has 9 nitrogen and oxygen atoms in total. The van der Waals surface area contributed by atoms with Crippen LogP contribution in [0.4, 0.5) is 5.13 Å². The lowest BCUT2D eigenvalue weighted by atomic mass is 10.3. The number of anilines is 1. The third kappa shape index (κ3) is 4.72. The molecule has 32 heavy (non-hydrogen) atoms. The number of ether oxygens (including phenoxy) is 3. The molecule has 3 heterocycles. The van der Waals surface area contributed by atoms with Gasteiger partial charge in [0, 0.05) is 31.9 Å². The van der Waals surface area contributed by atoms with Crippen LogP contribution in [0, 0.1) is 13.8 Å². The van der Waals surface area contributed by atoms with Gasteiger partial charge in [-0.15, -0.1) is 0 Å². The van der Waals surface area contributed by atoms with Crippen LogP contribution in [-0.4, -0.2) is 79.2 Å². The van der Waals surface area contributed by atoms with Crippen LogP contribution in [0.25, 0.3) is 10.2 Å². The van der Waals surface area contributed by atoms with Gasteiger partial charge in [-0.1, -0.05) is 11.3 Å². The molecule has 0 saturated carbocycles. The molecule has 172 valence electrons. The van der Waals surface area contributed by atoms with Crippen molar-refractivity contribution in [3.63, 3.8) is 0 Å². The summed E-state index contributed by atoms with van der Waals surface area (Å²) in [6.07, 6.45) is 0. The molecule has 1 aromatic carbocycles. The minimum absolute atomic E-state index is 0.0542. The fourth-order valence-electron chi connectivity index (χ4n) is 3.83. The van der Waals surface area contributed by atoms with Crippen molar-refractivity contribution >= 4 is 32.6 Å². The highest BCUT2D eigenvalue weighted by Crippen LogP contribution is 2.40. The monoisotopic (exact) mass is 459 g/mol. The van der Waals surface area contributed by atoms with Gasteiger partial charge in [-0.2, -0.15) is 5.10 Å². The third-order valence-electron chi connectivity index (χ3n) is 5.56. The van der Waals surface area contributed by atoms with E-state index in [1.54, 1.807) is 23.8 Å². The standard InChI is InChI=1S/C22H29N5O4S/c1-15-13-16(2)27(24-15)14-19(28)26(8-7-25-9-11-31-12-10-25)22-23-20-17(29-3)5-6-18(30-4)21(20)32-22/h5-6,13H,7-12,14H2,1-4H3. The van der Waals surface area contributed by atoms with E-state index in [0.29, 0.717) is 28.7 Å². The first-order valence-corrected chi connectivity index (χ1v) is 11.4. The summed E-state index contributed by atoms with van der Waals surface area (Å²) < 4.78 is 19.1. The number of aryl methyl sites for hydroxylation is 2. The fourth-order valence-corrected chi connectivity index (χ4v) is 4.95. The van der Waals surface area contributed by atoms with Crippen LogP contribution in [-0.2, 0) is 16.1 Å². The summed E-state index contributed by atoms with van der Waals surface area (Å²) in [7, 11) is 3.25. The molecule has 0 bridgehead atoms. The highest BCUT2D eigenvalue weighted by molar-refractivity contribution is 7.22. The number of methoxy groups -OCH3 is 2. The number of hydrogen-bond donors (Lipinski definition) is 0. The topological polar surface area (TPSA) is 82.0 Å². The van der Waals surface area contributed by atoms with Gasteiger partial charge in [-0.25, -0.2) is 4.98 Å². The smallest absolute Gasteiger partial charge is 0.250 e. The predicted octanol–water partition coefficient (Wildman–Crippen LogP) is 2.49. The van der Waals surface area contributed by atoms with Crippen LogP contribution < -0.4 is 14.4 Å². The van der Waals surface area contributed by atoms with E-state index in [4.69, 9.17) is 19.2 Å². The first-order chi connectivity index (χ1) is 15.5. The first-order valence-electron chi connectivity index (χ1n) is 10.6. The van der Waals surface area contributed by atoms with Crippen molar-refractivity contribution < 1.29 is 19.0 Å². The van der Waals surface area contributed by atoms with Crippen LogP contribution in [0.2, 0.25) is 0 Å². The molecule has 0 aliphatic carbocycles. The second kappa shape index (κ2) is 9.85. The van der Waals surface area contributed by atoms with Crippen molar-refractivity contribution in [3.8, 4) is 11.5 Å². The van der Waals surface area contributed by atoms with Crippen LogP contribution in [0.15, 0.2) is 18.2 Å². The summed E-state index contributed by atoms with van der Waals surface area (Å²) in [6.45, 7) is 8.48. The number of nitrogens with zero attached hydrogens (tertiary/aromatic N) is 5. The Morgan fingerprint density at radius 2 is 1.91 bits per heavy atom. The molecular weight excluding hydrogens is 430 g/mol. The van der Waals surface area contributed by atoms with E-state index in [1.165, 1.54) is 11.3 Å². The fraction of sp³-hybridized carbons (Fsp3) is 0.500. The second-order valence-corrected chi connectivity index (χ2v) is 8.71. The molecule has 0 N–H and O–H groups in total. The van der Waals surface area contributed by atoms with Gasteiger partial charge in [0.05, 0.1) is 33.1 Å². The Morgan fingerprint density at radius 1 is 1.19 bits per heavy atom. The minimum atomic E-state index is -0.0542. The minimum Gasteiger partial charge on any atom is -0.495 e. The number of fused-ring (bicyclic) bond motifs is 1. The average molecular weight is 460 g/mol. The normalized spacial score (nSPS) is 14.6. The van der Waals surface area contributed by atoms with Crippen LogP contribution >= 0.6 is 11.3 Å². The summed E-state index contributed by atoms with van der Waals surface area (Å²) in [5.74, 6) is 1.31. The van der Waals surface area contributed by atoms with E-state index < -0.39 is 0 Å². The number of rotatable bonds is 8. The highest BCUT2D eigenvalue weighted by atomic mass is 32.1. The lowest BCUT2D eigenvalue weighted by Gasteiger charge is -2.29. The van der Waals surface area contributed by atoms with Crippen LogP contribution in [0.3, 0.4) is 0 Å². The number of hydrogen-bond acceptors (Lipinski definition) is 8. The predicted molar refractivity (Wildman–Crippen MR) is 124 cm³/mol.